The lowest BCUT2D eigenvalue weighted by Gasteiger charge is -2.34. The Balaban J connectivity index is 2.05. The highest BCUT2D eigenvalue weighted by molar-refractivity contribution is 7.88. The van der Waals surface area contributed by atoms with Gasteiger partial charge < -0.3 is 19.3 Å². The molecule has 26 heavy (non-hydrogen) atoms. The van der Waals surface area contributed by atoms with Crippen LogP contribution in [0.5, 0.6) is 0 Å². The summed E-state index contributed by atoms with van der Waals surface area (Å²) < 4.78 is 34.9. The van der Waals surface area contributed by atoms with Crippen LogP contribution in [0, 0.1) is 0 Å². The number of hydrogen-bond acceptors (Lipinski definition) is 7. The number of aliphatic carboxylic acids is 1. The monoisotopic (exact) mass is 389 g/mol. The number of carboxylic acids is 1. The van der Waals surface area contributed by atoms with Crippen LogP contribution in [0.4, 0.5) is 0 Å². The summed E-state index contributed by atoms with van der Waals surface area (Å²) in [5.74, 6) is -1.39. The van der Waals surface area contributed by atoms with Crippen molar-refractivity contribution in [1.82, 2.24) is 14.4 Å². The number of hydrogen-bond donors (Lipinski definition) is 1. The second-order valence-electron chi connectivity index (χ2n) is 6.46. The molecule has 1 aliphatic rings. The minimum atomic E-state index is -3.71. The summed E-state index contributed by atoms with van der Waals surface area (Å²) in [6, 6.07) is 1.59. The zero-order valence-corrected chi connectivity index (χ0v) is 15.7. The van der Waals surface area contributed by atoms with E-state index in [4.69, 9.17) is 14.4 Å². The summed E-state index contributed by atoms with van der Waals surface area (Å²) in [6.45, 7) is 3.71. The predicted molar refractivity (Wildman–Crippen MR) is 90.3 cm³/mol. The average Bonchev–Trinajstić information content (AvgIpc) is 3.03. The Labute approximate surface area is 151 Å². The van der Waals surface area contributed by atoms with E-state index < -0.39 is 28.6 Å². The Morgan fingerprint density at radius 2 is 2.15 bits per heavy atom. The van der Waals surface area contributed by atoms with Gasteiger partial charge in [-0.05, 0) is 5.92 Å². The molecule has 1 aromatic rings. The number of carboxylic acid groups (broad SMARTS) is 1. The highest BCUT2D eigenvalue weighted by Crippen LogP contribution is 2.17. The standard InChI is InChI=1S/C15H23N3O7S/c1-10(2)12-6-13(25-16-12)15(21)17-4-5-24-11(7-17)8-18(9-14(19)20)26(3,22)23/h6,10-11H,4-5,7-9H2,1-3H3,(H,19,20). The molecule has 0 aliphatic carbocycles. The maximum Gasteiger partial charge on any atom is 0.318 e. The number of nitrogens with zero attached hydrogens (tertiary/aromatic N) is 3. The zero-order valence-electron chi connectivity index (χ0n) is 14.9. The Kier molecular flexibility index (Phi) is 6.37. The number of morpholine rings is 1. The summed E-state index contributed by atoms with van der Waals surface area (Å²) in [5.41, 5.74) is 0.669. The average molecular weight is 389 g/mol. The van der Waals surface area contributed by atoms with Gasteiger partial charge in [0.05, 0.1) is 24.7 Å². The van der Waals surface area contributed by atoms with Crippen molar-refractivity contribution in [1.29, 1.82) is 0 Å². The van der Waals surface area contributed by atoms with Crippen LogP contribution in [0.25, 0.3) is 0 Å². The first-order valence-electron chi connectivity index (χ1n) is 8.12. The number of carbonyl (C=O) groups excluding carboxylic acids is 1. The summed E-state index contributed by atoms with van der Waals surface area (Å²) in [6.07, 6.45) is 0.304. The van der Waals surface area contributed by atoms with E-state index in [9.17, 15) is 18.0 Å². The van der Waals surface area contributed by atoms with Crippen LogP contribution in [0.15, 0.2) is 10.6 Å². The van der Waals surface area contributed by atoms with Crippen molar-refractivity contribution in [2.24, 2.45) is 0 Å². The third kappa shape index (κ3) is 5.26. The van der Waals surface area contributed by atoms with Crippen LogP contribution in [-0.4, -0.2) is 84.9 Å². The van der Waals surface area contributed by atoms with Crippen LogP contribution in [-0.2, 0) is 19.6 Å². The number of amides is 1. The summed E-state index contributed by atoms with van der Waals surface area (Å²) >= 11 is 0. The van der Waals surface area contributed by atoms with E-state index in [1.54, 1.807) is 6.07 Å². The molecule has 0 bridgehead atoms. The molecule has 0 aromatic carbocycles. The molecule has 1 amide bonds. The quantitative estimate of drug-likeness (QED) is 0.689. The molecule has 1 atom stereocenters. The fraction of sp³-hybridized carbons (Fsp3) is 0.667. The third-order valence-corrected chi connectivity index (χ3v) is 5.16. The van der Waals surface area contributed by atoms with Gasteiger partial charge in [-0.25, -0.2) is 8.42 Å². The molecule has 11 heteroatoms. The summed E-state index contributed by atoms with van der Waals surface area (Å²) in [4.78, 5) is 24.9. The van der Waals surface area contributed by atoms with Crippen molar-refractivity contribution in [3.05, 3.63) is 17.5 Å². The van der Waals surface area contributed by atoms with E-state index in [1.165, 1.54) is 4.90 Å². The molecule has 2 heterocycles. The molecule has 146 valence electrons. The van der Waals surface area contributed by atoms with Crippen molar-refractivity contribution in [3.8, 4) is 0 Å². The lowest BCUT2D eigenvalue weighted by molar-refractivity contribution is -0.137. The smallest absolute Gasteiger partial charge is 0.318 e. The Bertz CT molecular complexity index is 759. The SMILES string of the molecule is CC(C)c1cc(C(=O)N2CCOC(CN(CC(=O)O)S(C)(=O)=O)C2)on1. The molecular formula is C15H23N3O7S. The zero-order chi connectivity index (χ0) is 19.5. The van der Waals surface area contributed by atoms with Crippen molar-refractivity contribution in [3.63, 3.8) is 0 Å². The maximum absolute atomic E-state index is 12.6. The van der Waals surface area contributed by atoms with Crippen LogP contribution < -0.4 is 0 Å². The van der Waals surface area contributed by atoms with E-state index in [0.29, 0.717) is 12.2 Å². The molecule has 1 aliphatic heterocycles. The van der Waals surface area contributed by atoms with Crippen molar-refractivity contribution < 1.29 is 32.4 Å². The van der Waals surface area contributed by atoms with Gasteiger partial charge in [-0.3, -0.25) is 9.59 Å². The molecule has 1 unspecified atom stereocenters. The minimum Gasteiger partial charge on any atom is -0.480 e. The Hall–Kier alpha value is -1.98. The van der Waals surface area contributed by atoms with Crippen LogP contribution in [0.3, 0.4) is 0 Å². The summed E-state index contributed by atoms with van der Waals surface area (Å²) in [5, 5.41) is 12.7. The van der Waals surface area contributed by atoms with E-state index in [1.807, 2.05) is 13.8 Å². The fourth-order valence-electron chi connectivity index (χ4n) is 2.53. The van der Waals surface area contributed by atoms with Gasteiger partial charge in [0.2, 0.25) is 15.8 Å². The molecule has 1 N–H and O–H groups in total. The molecule has 1 aromatic heterocycles. The third-order valence-electron chi connectivity index (χ3n) is 3.94. The second kappa shape index (κ2) is 8.14. The molecule has 0 spiro atoms. The second-order valence-corrected chi connectivity index (χ2v) is 8.45. The number of ether oxygens (including phenoxy) is 1. The lowest BCUT2D eigenvalue weighted by Crippen LogP contribution is -2.51. The molecule has 0 saturated carbocycles. The van der Waals surface area contributed by atoms with Gasteiger partial charge in [0.25, 0.3) is 5.91 Å². The maximum atomic E-state index is 12.6. The largest absolute Gasteiger partial charge is 0.480 e. The van der Waals surface area contributed by atoms with E-state index in [0.717, 1.165) is 10.6 Å². The Morgan fingerprint density at radius 3 is 2.69 bits per heavy atom. The minimum absolute atomic E-state index is 0.111. The first-order chi connectivity index (χ1) is 12.1. The molecule has 1 saturated heterocycles. The van der Waals surface area contributed by atoms with Crippen molar-refractivity contribution >= 4 is 21.9 Å². The van der Waals surface area contributed by atoms with Gasteiger partial charge in [-0.2, -0.15) is 4.31 Å². The van der Waals surface area contributed by atoms with Crippen molar-refractivity contribution in [2.75, 3.05) is 39.0 Å². The van der Waals surface area contributed by atoms with Crippen LogP contribution in [0.2, 0.25) is 0 Å². The molecular weight excluding hydrogens is 366 g/mol. The number of carbonyl (C=O) groups is 2. The molecule has 2 rings (SSSR count). The molecule has 10 nitrogen and oxygen atoms in total. The fourth-order valence-corrected chi connectivity index (χ4v) is 3.31. The normalized spacial score (nSPS) is 18.5. The molecule has 1 fully saturated rings. The van der Waals surface area contributed by atoms with Gasteiger partial charge in [0.1, 0.15) is 6.54 Å². The molecule has 0 radical (unpaired) electrons. The van der Waals surface area contributed by atoms with E-state index in [2.05, 4.69) is 5.16 Å². The van der Waals surface area contributed by atoms with Crippen LogP contribution in [0.1, 0.15) is 36.0 Å². The number of aromatic nitrogens is 1. The van der Waals surface area contributed by atoms with Gasteiger partial charge >= 0.3 is 5.97 Å². The van der Waals surface area contributed by atoms with Crippen molar-refractivity contribution in [2.45, 2.75) is 25.9 Å². The number of sulfonamides is 1. The first kappa shape index (κ1) is 20.3. The van der Waals surface area contributed by atoms with Crippen LogP contribution >= 0.6 is 0 Å². The Morgan fingerprint density at radius 1 is 1.46 bits per heavy atom. The van der Waals surface area contributed by atoms with Gasteiger partial charge in [-0.15, -0.1) is 0 Å². The predicted octanol–water partition coefficient (Wildman–Crippen LogP) is -0.0148. The van der Waals surface area contributed by atoms with E-state index in [-0.39, 0.29) is 37.3 Å². The highest BCUT2D eigenvalue weighted by Gasteiger charge is 2.31. The lowest BCUT2D eigenvalue weighted by atomic mass is 10.1. The van der Waals surface area contributed by atoms with E-state index >= 15 is 0 Å². The highest BCUT2D eigenvalue weighted by atomic mass is 32.2. The van der Waals surface area contributed by atoms with Gasteiger partial charge in [-0.1, -0.05) is 19.0 Å². The first-order valence-corrected chi connectivity index (χ1v) is 9.97. The number of rotatable bonds is 7. The topological polar surface area (TPSA) is 130 Å². The summed E-state index contributed by atoms with van der Waals surface area (Å²) in [7, 11) is -3.71. The van der Waals surface area contributed by atoms with Gasteiger partial charge in [0, 0.05) is 25.7 Å². The van der Waals surface area contributed by atoms with Gasteiger partial charge in [0.15, 0.2) is 0 Å².